The molecule has 0 saturated carbocycles. The number of rotatable bonds is 5. The van der Waals surface area contributed by atoms with Gasteiger partial charge in [0.2, 0.25) is 0 Å². The largest absolute Gasteiger partial charge is 0.450 e. The Bertz CT molecular complexity index is 578. The van der Waals surface area contributed by atoms with Gasteiger partial charge >= 0.3 is 0 Å². The van der Waals surface area contributed by atoms with E-state index in [0.29, 0.717) is 27.7 Å². The summed E-state index contributed by atoms with van der Waals surface area (Å²) in [6.07, 6.45) is 0.567. The Morgan fingerprint density at radius 2 is 2.20 bits per heavy atom. The molecule has 0 spiro atoms. The van der Waals surface area contributed by atoms with E-state index in [9.17, 15) is 5.11 Å². The summed E-state index contributed by atoms with van der Waals surface area (Å²) in [5.74, 6) is 0.400. The van der Waals surface area contributed by atoms with Crippen LogP contribution in [0.25, 0.3) is 0 Å². The Morgan fingerprint density at radius 1 is 1.50 bits per heavy atom. The third-order valence-corrected chi connectivity index (χ3v) is 4.79. The molecular weight excluding hydrogens is 413 g/mol. The van der Waals surface area contributed by atoms with Crippen molar-refractivity contribution < 1.29 is 9.52 Å². The maximum atomic E-state index is 10.5. The number of furan rings is 1. The fourth-order valence-electron chi connectivity index (χ4n) is 1.75. The Morgan fingerprint density at radius 3 is 2.75 bits per heavy atom. The SMILES string of the molecule is CN(C)CCn1ncc(Cl)c1C(O)c1cc(Br)c(Br)o1. The number of likely N-dealkylation sites (N-methyl/N-ethyl adjacent to an activating group) is 1. The molecule has 1 atom stereocenters. The molecule has 0 aliphatic carbocycles. The second-order valence-corrected chi connectivity index (χ2v) is 6.56. The van der Waals surface area contributed by atoms with Crippen molar-refractivity contribution in [2.45, 2.75) is 12.6 Å². The third kappa shape index (κ3) is 3.46. The normalized spacial score (nSPS) is 13.2. The fourth-order valence-corrected chi connectivity index (χ4v) is 2.60. The number of aliphatic hydroxyl groups excluding tert-OH is 1. The van der Waals surface area contributed by atoms with Gasteiger partial charge in [-0.25, -0.2) is 0 Å². The molecule has 0 bridgehead atoms. The molecule has 2 heterocycles. The quantitative estimate of drug-likeness (QED) is 0.796. The van der Waals surface area contributed by atoms with E-state index >= 15 is 0 Å². The number of hydrogen-bond donors (Lipinski definition) is 1. The van der Waals surface area contributed by atoms with Crippen molar-refractivity contribution in [1.29, 1.82) is 0 Å². The molecule has 0 aliphatic rings. The second-order valence-electron chi connectivity index (χ2n) is 4.58. The first-order chi connectivity index (χ1) is 9.40. The third-order valence-electron chi connectivity index (χ3n) is 2.78. The minimum absolute atomic E-state index is 0.400. The van der Waals surface area contributed by atoms with Gasteiger partial charge in [-0.1, -0.05) is 11.6 Å². The minimum atomic E-state index is -0.963. The Kier molecular flexibility index (Phi) is 5.30. The number of aromatic nitrogens is 2. The number of aliphatic hydroxyl groups is 1. The molecule has 0 saturated heterocycles. The van der Waals surface area contributed by atoms with Crippen molar-refractivity contribution >= 4 is 43.5 Å². The molecule has 110 valence electrons. The van der Waals surface area contributed by atoms with Gasteiger partial charge in [-0.05, 0) is 52.0 Å². The van der Waals surface area contributed by atoms with Gasteiger partial charge in [0.05, 0.1) is 27.9 Å². The summed E-state index contributed by atoms with van der Waals surface area (Å²) in [5, 5.41) is 15.1. The molecule has 0 aliphatic heterocycles. The van der Waals surface area contributed by atoms with Gasteiger partial charge in [-0.15, -0.1) is 0 Å². The molecule has 0 amide bonds. The monoisotopic (exact) mass is 425 g/mol. The smallest absolute Gasteiger partial charge is 0.183 e. The zero-order valence-electron chi connectivity index (χ0n) is 11.0. The van der Waals surface area contributed by atoms with Crippen LogP contribution in [0, 0.1) is 0 Å². The van der Waals surface area contributed by atoms with E-state index in [1.54, 1.807) is 10.7 Å². The first-order valence-corrected chi connectivity index (χ1v) is 7.85. The van der Waals surface area contributed by atoms with Crippen molar-refractivity contribution in [2.75, 3.05) is 20.6 Å². The van der Waals surface area contributed by atoms with E-state index in [-0.39, 0.29) is 0 Å². The lowest BCUT2D eigenvalue weighted by Gasteiger charge is -2.14. The second kappa shape index (κ2) is 6.62. The molecular formula is C12H14Br2ClN3O2. The topological polar surface area (TPSA) is 54.4 Å². The van der Waals surface area contributed by atoms with E-state index in [2.05, 4.69) is 37.0 Å². The van der Waals surface area contributed by atoms with E-state index in [1.165, 1.54) is 6.20 Å². The van der Waals surface area contributed by atoms with Crippen LogP contribution in [0.4, 0.5) is 0 Å². The predicted octanol–water partition coefficient (Wildman–Crippen LogP) is 3.30. The number of hydrogen-bond acceptors (Lipinski definition) is 4. The van der Waals surface area contributed by atoms with Crippen LogP contribution in [0.15, 0.2) is 25.8 Å². The molecule has 2 aromatic heterocycles. The van der Waals surface area contributed by atoms with Crippen molar-refractivity contribution in [3.05, 3.63) is 37.9 Å². The molecule has 1 N–H and O–H groups in total. The summed E-state index contributed by atoms with van der Waals surface area (Å²) in [4.78, 5) is 2.03. The molecule has 2 aromatic rings. The summed E-state index contributed by atoms with van der Waals surface area (Å²) in [5.41, 5.74) is 0.530. The Balaban J connectivity index is 2.29. The highest BCUT2D eigenvalue weighted by molar-refractivity contribution is 9.13. The highest BCUT2D eigenvalue weighted by Gasteiger charge is 2.24. The van der Waals surface area contributed by atoms with Crippen LogP contribution >= 0.6 is 43.5 Å². The molecule has 20 heavy (non-hydrogen) atoms. The van der Waals surface area contributed by atoms with Gasteiger partial charge in [-0.3, -0.25) is 4.68 Å². The van der Waals surface area contributed by atoms with Crippen LogP contribution in [0.2, 0.25) is 5.02 Å². The molecule has 0 aromatic carbocycles. The van der Waals surface area contributed by atoms with E-state index in [0.717, 1.165) is 11.0 Å². The van der Waals surface area contributed by atoms with Gasteiger partial charge in [0.25, 0.3) is 0 Å². The Hall–Kier alpha value is -0.340. The van der Waals surface area contributed by atoms with Crippen LogP contribution in [-0.2, 0) is 6.54 Å². The molecule has 1 unspecified atom stereocenters. The highest BCUT2D eigenvalue weighted by atomic mass is 79.9. The molecule has 8 heteroatoms. The van der Waals surface area contributed by atoms with E-state index < -0.39 is 6.10 Å². The molecule has 0 radical (unpaired) electrons. The summed E-state index contributed by atoms with van der Waals surface area (Å²) in [6.45, 7) is 1.43. The van der Waals surface area contributed by atoms with Gasteiger partial charge < -0.3 is 14.4 Å². The van der Waals surface area contributed by atoms with E-state index in [4.69, 9.17) is 16.0 Å². The van der Waals surface area contributed by atoms with Crippen molar-refractivity contribution in [1.82, 2.24) is 14.7 Å². The van der Waals surface area contributed by atoms with Crippen molar-refractivity contribution in [3.63, 3.8) is 0 Å². The summed E-state index contributed by atoms with van der Waals surface area (Å²) < 4.78 is 8.40. The maximum Gasteiger partial charge on any atom is 0.183 e. The number of nitrogens with zero attached hydrogens (tertiary/aromatic N) is 3. The lowest BCUT2D eigenvalue weighted by atomic mass is 10.2. The molecule has 2 rings (SSSR count). The summed E-state index contributed by atoms with van der Waals surface area (Å²) in [7, 11) is 3.95. The van der Waals surface area contributed by atoms with Crippen molar-refractivity contribution in [3.8, 4) is 0 Å². The average molecular weight is 428 g/mol. The van der Waals surface area contributed by atoms with E-state index in [1.807, 2.05) is 19.0 Å². The predicted molar refractivity (Wildman–Crippen MR) is 84.0 cm³/mol. The van der Waals surface area contributed by atoms with Gasteiger partial charge in [0, 0.05) is 6.54 Å². The van der Waals surface area contributed by atoms with Gasteiger partial charge in [-0.2, -0.15) is 5.10 Å². The minimum Gasteiger partial charge on any atom is -0.450 e. The lowest BCUT2D eigenvalue weighted by molar-refractivity contribution is 0.175. The zero-order chi connectivity index (χ0) is 14.9. The first-order valence-electron chi connectivity index (χ1n) is 5.89. The summed E-state index contributed by atoms with van der Waals surface area (Å²) in [6, 6.07) is 1.70. The average Bonchev–Trinajstić information content (AvgIpc) is 2.90. The highest BCUT2D eigenvalue weighted by Crippen LogP contribution is 2.34. The standard InChI is InChI=1S/C12H14Br2ClN3O2/c1-17(2)3-4-18-10(8(15)6-16-18)11(19)9-5-7(13)12(14)20-9/h5-6,11,19H,3-4H2,1-2H3. The molecule has 5 nitrogen and oxygen atoms in total. The van der Waals surface area contributed by atoms with Crippen LogP contribution < -0.4 is 0 Å². The summed E-state index contributed by atoms with van der Waals surface area (Å²) >= 11 is 12.7. The van der Waals surface area contributed by atoms with Crippen LogP contribution in [-0.4, -0.2) is 40.4 Å². The lowest BCUT2D eigenvalue weighted by Crippen LogP contribution is -2.21. The Labute approximate surface area is 138 Å². The van der Waals surface area contributed by atoms with Crippen LogP contribution in [0.1, 0.15) is 17.6 Å². The van der Waals surface area contributed by atoms with Gasteiger partial charge in [0.1, 0.15) is 5.76 Å². The maximum absolute atomic E-state index is 10.5. The van der Waals surface area contributed by atoms with Crippen LogP contribution in [0.3, 0.4) is 0 Å². The molecule has 0 fully saturated rings. The van der Waals surface area contributed by atoms with Gasteiger partial charge in [0.15, 0.2) is 10.8 Å². The van der Waals surface area contributed by atoms with Crippen LogP contribution in [0.5, 0.6) is 0 Å². The van der Waals surface area contributed by atoms with Crippen molar-refractivity contribution in [2.24, 2.45) is 0 Å². The zero-order valence-corrected chi connectivity index (χ0v) is 14.9. The fraction of sp³-hybridized carbons (Fsp3) is 0.417. The number of halogens is 3. The first kappa shape index (κ1) is 16.0.